The van der Waals surface area contributed by atoms with Crippen LogP contribution in [0.4, 0.5) is 17.1 Å². The van der Waals surface area contributed by atoms with E-state index >= 15 is 0 Å². The lowest BCUT2D eigenvalue weighted by Crippen LogP contribution is -2.79. The Morgan fingerprint density at radius 1 is 0.651 bits per heavy atom. The zero-order chi connectivity index (χ0) is 29.9. The van der Waals surface area contributed by atoms with Gasteiger partial charge in [-0.2, -0.15) is 0 Å². The summed E-state index contributed by atoms with van der Waals surface area (Å²) in [4.78, 5) is 2.60. The van der Waals surface area contributed by atoms with Gasteiger partial charge in [0.2, 0.25) is 11.4 Å². The third kappa shape index (κ3) is 3.54. The van der Waals surface area contributed by atoms with Crippen LogP contribution in [0.5, 0.6) is 0 Å². The van der Waals surface area contributed by atoms with E-state index in [4.69, 9.17) is 0 Å². The molecule has 3 heteroatoms. The summed E-state index contributed by atoms with van der Waals surface area (Å²) in [5.41, 5.74) is 14.4. The number of rotatable bonds is 1. The van der Waals surface area contributed by atoms with Crippen molar-refractivity contribution in [1.29, 1.82) is 0 Å². The number of anilines is 3. The van der Waals surface area contributed by atoms with Crippen molar-refractivity contribution in [2.24, 2.45) is 0 Å². The lowest BCUT2D eigenvalue weighted by atomic mass is 9.71. The second-order valence-corrected chi connectivity index (χ2v) is 14.8. The first-order chi connectivity index (χ1) is 20.5. The summed E-state index contributed by atoms with van der Waals surface area (Å²) in [6, 6.07) is 34.6. The van der Waals surface area contributed by atoms with Gasteiger partial charge < -0.3 is 4.90 Å². The fourth-order valence-electron chi connectivity index (χ4n) is 8.00. The number of hydrogen-bond donors (Lipinski definition) is 0. The van der Waals surface area contributed by atoms with E-state index in [0.717, 1.165) is 6.42 Å². The lowest BCUT2D eigenvalue weighted by Gasteiger charge is -2.43. The molecule has 43 heavy (non-hydrogen) atoms. The normalized spacial score (nSPS) is 19.7. The maximum atomic E-state index is 2.60. The summed E-state index contributed by atoms with van der Waals surface area (Å²) in [6.07, 6.45) is 5.53. The monoisotopic (exact) mass is 563 g/mol. The van der Waals surface area contributed by atoms with Crippen LogP contribution in [-0.2, 0) is 22.9 Å². The lowest BCUT2D eigenvalue weighted by molar-refractivity contribution is -0.991. The van der Waals surface area contributed by atoms with Crippen molar-refractivity contribution in [2.45, 2.75) is 77.3 Å². The van der Waals surface area contributed by atoms with Crippen molar-refractivity contribution in [3.05, 3.63) is 126 Å². The molecule has 3 aliphatic rings. The second-order valence-electron chi connectivity index (χ2n) is 14.8. The molecule has 0 amide bonds. The molecule has 5 heterocycles. The average Bonchev–Trinajstić information content (AvgIpc) is 2.98. The summed E-state index contributed by atoms with van der Waals surface area (Å²) >= 11 is 0. The number of nitrogens with zero attached hydrogens (tertiary/aromatic N) is 3. The van der Waals surface area contributed by atoms with Crippen LogP contribution in [-0.4, -0.2) is 0 Å². The highest BCUT2D eigenvalue weighted by Gasteiger charge is 2.64. The minimum Gasteiger partial charge on any atom is -0.310 e. The molecule has 5 aromatic rings. The molecule has 3 aromatic carbocycles. The topological polar surface area (TPSA) is 11.0 Å². The van der Waals surface area contributed by atoms with E-state index in [2.05, 4.69) is 166 Å². The fraction of sp³-hybridized carbons (Fsp3) is 0.300. The summed E-state index contributed by atoms with van der Waals surface area (Å²) < 4.78 is 5.14. The predicted molar refractivity (Wildman–Crippen MR) is 175 cm³/mol. The Balaban J connectivity index is 1.56. The zero-order valence-electron chi connectivity index (χ0n) is 26.4. The van der Waals surface area contributed by atoms with Gasteiger partial charge in [-0.3, -0.25) is 0 Å². The molecule has 0 saturated carbocycles. The highest BCUT2D eigenvalue weighted by atomic mass is 15.3. The van der Waals surface area contributed by atoms with Gasteiger partial charge >= 0.3 is 5.66 Å². The molecule has 0 N–H and O–H groups in total. The minimum atomic E-state index is -0.296. The number of aromatic nitrogens is 2. The van der Waals surface area contributed by atoms with Crippen LogP contribution in [0.3, 0.4) is 0 Å². The minimum absolute atomic E-state index is 0.0264. The maximum Gasteiger partial charge on any atom is 0.372 e. The predicted octanol–water partition coefficient (Wildman–Crippen LogP) is 8.85. The summed E-state index contributed by atoms with van der Waals surface area (Å²) in [6.45, 7) is 16.5. The number of benzene rings is 3. The summed E-state index contributed by atoms with van der Waals surface area (Å²) in [7, 11) is 0. The number of hydrogen-bond acceptors (Lipinski definition) is 1. The Morgan fingerprint density at radius 3 is 1.81 bits per heavy atom. The van der Waals surface area contributed by atoms with Crippen molar-refractivity contribution in [1.82, 2.24) is 0 Å². The molecule has 7 bridgehead atoms. The van der Waals surface area contributed by atoms with Gasteiger partial charge in [-0.05, 0) is 77.4 Å². The third-order valence-corrected chi connectivity index (χ3v) is 10.3. The van der Waals surface area contributed by atoms with E-state index in [-0.39, 0.29) is 22.4 Å². The van der Waals surface area contributed by atoms with Gasteiger partial charge in [0.15, 0.2) is 12.4 Å². The smallest absolute Gasteiger partial charge is 0.310 e. The molecule has 214 valence electrons. The molecule has 1 spiro atoms. The molecule has 3 nitrogen and oxygen atoms in total. The average molecular weight is 564 g/mol. The highest BCUT2D eigenvalue weighted by Crippen LogP contribution is 2.55. The Labute approximate surface area is 256 Å². The van der Waals surface area contributed by atoms with Crippen molar-refractivity contribution < 1.29 is 9.13 Å². The van der Waals surface area contributed by atoms with Crippen molar-refractivity contribution in [3.8, 4) is 22.5 Å². The fourth-order valence-corrected chi connectivity index (χ4v) is 8.00. The first kappa shape index (κ1) is 26.4. The third-order valence-electron chi connectivity index (χ3n) is 10.3. The molecule has 8 rings (SSSR count). The molecule has 2 atom stereocenters. The Kier molecular flexibility index (Phi) is 5.32. The van der Waals surface area contributed by atoms with Gasteiger partial charge in [0, 0.05) is 41.1 Å². The molecular weight excluding hydrogens is 522 g/mol. The van der Waals surface area contributed by atoms with Crippen LogP contribution in [0.25, 0.3) is 22.5 Å². The molecule has 3 aliphatic heterocycles. The first-order valence-electron chi connectivity index (χ1n) is 15.7. The highest BCUT2D eigenvalue weighted by molar-refractivity contribution is 5.88. The number of pyridine rings is 2. The van der Waals surface area contributed by atoms with Crippen LogP contribution < -0.4 is 14.0 Å². The Hall–Kier alpha value is -4.24. The van der Waals surface area contributed by atoms with E-state index in [1.54, 1.807) is 0 Å². The molecule has 2 aromatic heterocycles. The summed E-state index contributed by atoms with van der Waals surface area (Å²) in [5, 5.41) is 0. The molecule has 0 aliphatic carbocycles. The van der Waals surface area contributed by atoms with Gasteiger partial charge in [-0.1, -0.05) is 59.7 Å². The largest absolute Gasteiger partial charge is 0.372 e. The molecule has 0 fully saturated rings. The van der Waals surface area contributed by atoms with Gasteiger partial charge in [0.25, 0.3) is 0 Å². The van der Waals surface area contributed by atoms with Crippen LogP contribution in [0.2, 0.25) is 0 Å². The summed E-state index contributed by atoms with van der Waals surface area (Å²) in [5.74, 6) is 0.224. The van der Waals surface area contributed by atoms with Gasteiger partial charge in [0.1, 0.15) is 12.3 Å². The molecule has 0 radical (unpaired) electrons. The quantitative estimate of drug-likeness (QED) is 0.185. The van der Waals surface area contributed by atoms with Crippen LogP contribution >= 0.6 is 0 Å². The van der Waals surface area contributed by atoms with E-state index in [1.165, 1.54) is 61.8 Å². The maximum absolute atomic E-state index is 2.60. The zero-order valence-corrected chi connectivity index (χ0v) is 26.4. The van der Waals surface area contributed by atoms with Crippen molar-refractivity contribution in [2.75, 3.05) is 4.90 Å². The van der Waals surface area contributed by atoms with Crippen LogP contribution in [0.15, 0.2) is 103 Å². The van der Waals surface area contributed by atoms with E-state index < -0.39 is 0 Å². The van der Waals surface area contributed by atoms with Crippen LogP contribution in [0, 0.1) is 0 Å². The Bertz CT molecular complexity index is 1880. The van der Waals surface area contributed by atoms with Gasteiger partial charge in [0.05, 0.1) is 22.5 Å². The second kappa shape index (κ2) is 8.66. The van der Waals surface area contributed by atoms with Gasteiger partial charge in [-0.15, -0.1) is 9.13 Å². The SMILES string of the molecule is C[C@@H]1c2c3cccc2N(c2cc(C(C)(C)C)cc(C(C)(C)C)c2)c2cccc4c2CC1([n+]1ccccc1-4)[n+]1ccccc1-3. The molecule has 0 saturated heterocycles. The van der Waals surface area contributed by atoms with Crippen molar-refractivity contribution in [3.63, 3.8) is 0 Å². The molecular formula is C40H41N3+2. The van der Waals surface area contributed by atoms with Gasteiger partial charge in [-0.25, -0.2) is 0 Å². The molecule has 1 unspecified atom stereocenters. The standard InChI is InChI=1S/C40H41N3/c1-26-37-31-15-13-19-36(37)43(29-23-27(38(2,3)4)22-28(24-29)39(5,6)7)35-18-12-14-30-32(35)25-40(26,41-20-10-8-16-33(30)41)42-21-11-9-17-34(31)42/h8-24,26H,25H2,1-7H3/q+2/t26-,40?/m1/s1. The van der Waals surface area contributed by atoms with Crippen LogP contribution in [0.1, 0.15) is 76.6 Å². The Morgan fingerprint density at radius 2 is 1.21 bits per heavy atom. The van der Waals surface area contributed by atoms with E-state index in [0.29, 0.717) is 0 Å². The van der Waals surface area contributed by atoms with E-state index in [1.807, 2.05) is 0 Å². The van der Waals surface area contributed by atoms with Crippen molar-refractivity contribution >= 4 is 17.1 Å². The van der Waals surface area contributed by atoms with E-state index in [9.17, 15) is 0 Å². The first-order valence-corrected chi connectivity index (χ1v) is 15.7.